The summed E-state index contributed by atoms with van der Waals surface area (Å²) in [7, 11) is 0. The van der Waals surface area contributed by atoms with E-state index >= 15 is 0 Å². The Balaban J connectivity index is 1.39. The lowest BCUT2D eigenvalue weighted by Crippen LogP contribution is -2.48. The molecule has 4 amide bonds. The molecule has 2 aliphatic heterocycles. The summed E-state index contributed by atoms with van der Waals surface area (Å²) in [5.41, 5.74) is 0.0774. The average Bonchev–Trinajstić information content (AvgIpc) is 3.09. The Labute approximate surface area is 198 Å². The van der Waals surface area contributed by atoms with Crippen molar-refractivity contribution in [3.8, 4) is 11.5 Å². The Morgan fingerprint density at radius 1 is 1.03 bits per heavy atom. The van der Waals surface area contributed by atoms with Gasteiger partial charge in [-0.2, -0.15) is 0 Å². The van der Waals surface area contributed by atoms with Gasteiger partial charge in [0.15, 0.2) is 11.5 Å². The Hall–Kier alpha value is -3.55. The van der Waals surface area contributed by atoms with E-state index < -0.39 is 17.5 Å². The molecular formula is C26H29N3O5. The van der Waals surface area contributed by atoms with Crippen LogP contribution in [0.4, 0.5) is 10.5 Å². The Morgan fingerprint density at radius 2 is 1.74 bits per heavy atom. The number of urea groups is 1. The molecule has 2 aromatic rings. The highest BCUT2D eigenvalue weighted by Gasteiger charge is 2.50. The van der Waals surface area contributed by atoms with Crippen molar-refractivity contribution in [1.29, 1.82) is 0 Å². The number of rotatable bonds is 5. The number of imide groups is 1. The number of hydrogen-bond acceptors (Lipinski definition) is 5. The van der Waals surface area contributed by atoms with E-state index in [1.807, 2.05) is 30.3 Å². The van der Waals surface area contributed by atoms with Crippen molar-refractivity contribution >= 4 is 23.5 Å². The Kier molecular flexibility index (Phi) is 5.89. The quantitative estimate of drug-likeness (QED) is 0.685. The van der Waals surface area contributed by atoms with Crippen LogP contribution in [0.1, 0.15) is 44.6 Å². The predicted molar refractivity (Wildman–Crippen MR) is 126 cm³/mol. The number of ether oxygens (including phenoxy) is 2. The molecule has 3 aliphatic rings. The highest BCUT2D eigenvalue weighted by Crippen LogP contribution is 2.37. The van der Waals surface area contributed by atoms with Gasteiger partial charge in [-0.1, -0.05) is 43.5 Å². The molecule has 8 heteroatoms. The van der Waals surface area contributed by atoms with Gasteiger partial charge < -0.3 is 19.7 Å². The highest BCUT2D eigenvalue weighted by atomic mass is 16.6. The van der Waals surface area contributed by atoms with Gasteiger partial charge in [-0.25, -0.2) is 4.79 Å². The number of amides is 4. The van der Waals surface area contributed by atoms with Crippen LogP contribution in [-0.4, -0.2) is 48.5 Å². The van der Waals surface area contributed by atoms with Crippen LogP contribution in [0.2, 0.25) is 0 Å². The van der Waals surface area contributed by atoms with E-state index in [0.29, 0.717) is 30.3 Å². The van der Waals surface area contributed by atoms with Crippen molar-refractivity contribution in [2.45, 2.75) is 50.6 Å². The third-order valence-electron chi connectivity index (χ3n) is 6.93. The molecule has 1 aliphatic carbocycles. The van der Waals surface area contributed by atoms with Gasteiger partial charge in [0.1, 0.15) is 25.3 Å². The number of carbonyl (C=O) groups is 3. The summed E-state index contributed by atoms with van der Waals surface area (Å²) in [5, 5.41) is 2.79. The van der Waals surface area contributed by atoms with Crippen LogP contribution in [0.15, 0.2) is 48.5 Å². The molecule has 1 saturated heterocycles. The van der Waals surface area contributed by atoms with Crippen LogP contribution in [-0.2, 0) is 15.1 Å². The minimum Gasteiger partial charge on any atom is -0.486 e. The van der Waals surface area contributed by atoms with Gasteiger partial charge in [0, 0.05) is 11.7 Å². The first-order chi connectivity index (χ1) is 16.5. The lowest BCUT2D eigenvalue weighted by molar-refractivity contribution is -0.134. The van der Waals surface area contributed by atoms with E-state index in [9.17, 15) is 14.4 Å². The van der Waals surface area contributed by atoms with Crippen LogP contribution >= 0.6 is 0 Å². The number of fused-ring (bicyclic) bond motifs is 1. The predicted octanol–water partition coefficient (Wildman–Crippen LogP) is 3.59. The van der Waals surface area contributed by atoms with Crippen LogP contribution < -0.4 is 19.7 Å². The molecule has 178 valence electrons. The summed E-state index contributed by atoms with van der Waals surface area (Å²) >= 11 is 0. The van der Waals surface area contributed by atoms with Crippen LogP contribution in [0.5, 0.6) is 11.5 Å². The van der Waals surface area contributed by atoms with E-state index in [1.165, 1.54) is 0 Å². The van der Waals surface area contributed by atoms with Gasteiger partial charge in [-0.05, 0) is 49.6 Å². The molecule has 0 spiro atoms. The molecule has 0 bridgehead atoms. The average molecular weight is 464 g/mol. The second-order valence-corrected chi connectivity index (χ2v) is 9.20. The lowest BCUT2D eigenvalue weighted by Gasteiger charge is -2.35. The number of nitrogens with zero attached hydrogens (tertiary/aromatic N) is 2. The molecule has 0 aromatic heterocycles. The number of benzene rings is 2. The molecule has 0 unspecified atom stereocenters. The molecule has 34 heavy (non-hydrogen) atoms. The first-order valence-corrected chi connectivity index (χ1v) is 11.9. The van der Waals surface area contributed by atoms with Crippen LogP contribution in [0.3, 0.4) is 0 Å². The van der Waals surface area contributed by atoms with Crippen molar-refractivity contribution in [3.63, 3.8) is 0 Å². The Morgan fingerprint density at radius 3 is 2.47 bits per heavy atom. The van der Waals surface area contributed by atoms with E-state index in [1.54, 1.807) is 30.0 Å². The minimum atomic E-state index is -1.30. The topological polar surface area (TPSA) is 88.2 Å². The SMILES string of the molecule is C[C@@]1(c2ccc3c(c2)OCCO3)NC(=O)N(CC(=O)N(c2ccccc2)C2CCCCC2)C1=O. The second-order valence-electron chi connectivity index (χ2n) is 9.20. The summed E-state index contributed by atoms with van der Waals surface area (Å²) in [6.45, 7) is 2.23. The maximum Gasteiger partial charge on any atom is 0.325 e. The second kappa shape index (κ2) is 9.00. The third kappa shape index (κ3) is 3.97. The molecule has 2 aromatic carbocycles. The number of nitrogens with one attached hydrogen (secondary N) is 1. The zero-order chi connectivity index (χ0) is 23.7. The van der Waals surface area contributed by atoms with E-state index in [4.69, 9.17) is 9.47 Å². The zero-order valence-corrected chi connectivity index (χ0v) is 19.3. The smallest absolute Gasteiger partial charge is 0.325 e. The van der Waals surface area contributed by atoms with Crippen LogP contribution in [0, 0.1) is 0 Å². The molecule has 2 fully saturated rings. The van der Waals surface area contributed by atoms with E-state index in [-0.39, 0.29) is 18.5 Å². The van der Waals surface area contributed by atoms with Crippen molar-refractivity contribution < 1.29 is 23.9 Å². The molecule has 8 nitrogen and oxygen atoms in total. The molecule has 5 rings (SSSR count). The molecule has 0 radical (unpaired) electrons. The van der Waals surface area contributed by atoms with Crippen LogP contribution in [0.25, 0.3) is 0 Å². The summed E-state index contributed by atoms with van der Waals surface area (Å²) < 4.78 is 11.2. The minimum absolute atomic E-state index is 0.0635. The zero-order valence-electron chi connectivity index (χ0n) is 19.3. The number of carbonyl (C=O) groups excluding carboxylic acids is 3. The summed E-state index contributed by atoms with van der Waals surface area (Å²) in [5.74, 6) is 0.426. The number of hydrogen-bond donors (Lipinski definition) is 1. The fraction of sp³-hybridized carbons (Fsp3) is 0.423. The molecule has 1 N–H and O–H groups in total. The standard InChI is InChI=1S/C26H29N3O5/c1-26(18-12-13-21-22(16-18)34-15-14-33-21)24(31)28(25(32)27-26)17-23(30)29(19-8-4-2-5-9-19)20-10-6-3-7-11-20/h2,4-5,8-9,12-13,16,20H,3,6-7,10-11,14-15,17H2,1H3,(H,27,32)/t26-/m0/s1. The molecule has 1 atom stereocenters. The fourth-order valence-corrected chi connectivity index (χ4v) is 5.09. The summed E-state index contributed by atoms with van der Waals surface area (Å²) in [4.78, 5) is 42.7. The van der Waals surface area contributed by atoms with E-state index in [2.05, 4.69) is 5.32 Å². The fourth-order valence-electron chi connectivity index (χ4n) is 5.09. The first kappa shape index (κ1) is 22.3. The van der Waals surface area contributed by atoms with Gasteiger partial charge in [0.05, 0.1) is 0 Å². The van der Waals surface area contributed by atoms with Gasteiger partial charge in [-0.3, -0.25) is 14.5 Å². The largest absolute Gasteiger partial charge is 0.486 e. The number of anilines is 1. The van der Waals surface area contributed by atoms with Crippen molar-refractivity contribution in [3.05, 3.63) is 54.1 Å². The van der Waals surface area contributed by atoms with Crippen molar-refractivity contribution in [2.75, 3.05) is 24.7 Å². The molecule has 2 heterocycles. The highest BCUT2D eigenvalue weighted by molar-refractivity contribution is 6.10. The monoisotopic (exact) mass is 463 g/mol. The third-order valence-corrected chi connectivity index (χ3v) is 6.93. The van der Waals surface area contributed by atoms with Crippen molar-refractivity contribution in [2.24, 2.45) is 0 Å². The van der Waals surface area contributed by atoms with Gasteiger partial charge in [0.2, 0.25) is 5.91 Å². The van der Waals surface area contributed by atoms with Gasteiger partial charge in [-0.15, -0.1) is 0 Å². The van der Waals surface area contributed by atoms with Gasteiger partial charge >= 0.3 is 6.03 Å². The maximum absolute atomic E-state index is 13.5. The first-order valence-electron chi connectivity index (χ1n) is 11.9. The maximum atomic E-state index is 13.5. The van der Waals surface area contributed by atoms with Crippen molar-refractivity contribution in [1.82, 2.24) is 10.2 Å². The number of para-hydroxylation sites is 1. The summed E-state index contributed by atoms with van der Waals surface area (Å²) in [6, 6.07) is 14.2. The van der Waals surface area contributed by atoms with E-state index in [0.717, 1.165) is 42.7 Å². The Bertz CT molecular complexity index is 1100. The van der Waals surface area contributed by atoms with Gasteiger partial charge in [0.25, 0.3) is 5.91 Å². The lowest BCUT2D eigenvalue weighted by atomic mass is 9.91. The molecular weight excluding hydrogens is 434 g/mol. The normalized spacial score (nSPS) is 22.4. The molecule has 1 saturated carbocycles. The summed E-state index contributed by atoms with van der Waals surface area (Å²) in [6.07, 6.45) is 5.11.